The Hall–Kier alpha value is -3.52. The van der Waals surface area contributed by atoms with Crippen molar-refractivity contribution < 1.29 is 14.3 Å². The molecular weight excluding hydrogens is 406 g/mol. The van der Waals surface area contributed by atoms with Crippen molar-refractivity contribution in [2.75, 3.05) is 20.2 Å². The van der Waals surface area contributed by atoms with Gasteiger partial charge in [-0.25, -0.2) is 4.79 Å². The molecule has 1 aromatic heterocycles. The Bertz CT molecular complexity index is 1060. The SMILES string of the molecule is COC(=O)c1ccc(CN2CCc3nnc(CNC(=O)Cc4ccccc4)n3CC2)cc1. The zero-order chi connectivity index (χ0) is 22.3. The highest BCUT2D eigenvalue weighted by molar-refractivity contribution is 5.89. The molecule has 1 aliphatic heterocycles. The predicted octanol–water partition coefficient (Wildman–Crippen LogP) is 1.98. The maximum atomic E-state index is 12.3. The molecular formula is C24H27N5O3. The summed E-state index contributed by atoms with van der Waals surface area (Å²) in [7, 11) is 1.38. The van der Waals surface area contributed by atoms with E-state index in [-0.39, 0.29) is 11.9 Å². The summed E-state index contributed by atoms with van der Waals surface area (Å²) in [5.74, 6) is 1.37. The Morgan fingerprint density at radius 2 is 1.75 bits per heavy atom. The lowest BCUT2D eigenvalue weighted by molar-refractivity contribution is -0.120. The number of carbonyl (C=O) groups excluding carboxylic acids is 2. The van der Waals surface area contributed by atoms with Gasteiger partial charge in [0.15, 0.2) is 5.82 Å². The van der Waals surface area contributed by atoms with E-state index in [2.05, 4.69) is 25.0 Å². The third-order valence-corrected chi connectivity index (χ3v) is 5.63. The van der Waals surface area contributed by atoms with Gasteiger partial charge < -0.3 is 14.6 Å². The predicted molar refractivity (Wildman–Crippen MR) is 119 cm³/mol. The molecule has 4 rings (SSSR count). The number of ether oxygens (including phenoxy) is 1. The van der Waals surface area contributed by atoms with Crippen molar-refractivity contribution >= 4 is 11.9 Å². The lowest BCUT2D eigenvalue weighted by Crippen LogP contribution is -2.28. The fourth-order valence-electron chi connectivity index (χ4n) is 3.86. The maximum absolute atomic E-state index is 12.3. The van der Waals surface area contributed by atoms with Crippen LogP contribution in [0.3, 0.4) is 0 Å². The minimum atomic E-state index is -0.326. The molecule has 2 heterocycles. The molecule has 0 fully saturated rings. The van der Waals surface area contributed by atoms with Crippen molar-refractivity contribution in [2.45, 2.75) is 32.5 Å². The number of methoxy groups -OCH3 is 1. The Labute approximate surface area is 187 Å². The van der Waals surface area contributed by atoms with Gasteiger partial charge in [-0.05, 0) is 23.3 Å². The van der Waals surface area contributed by atoms with E-state index in [4.69, 9.17) is 4.74 Å². The first-order valence-corrected chi connectivity index (χ1v) is 10.7. The number of hydrogen-bond donors (Lipinski definition) is 1. The number of nitrogens with zero attached hydrogens (tertiary/aromatic N) is 4. The number of amides is 1. The second-order valence-electron chi connectivity index (χ2n) is 7.84. The second kappa shape index (κ2) is 10.2. The molecule has 1 aliphatic rings. The molecule has 0 bridgehead atoms. The average Bonchev–Trinajstić information content (AvgIpc) is 3.10. The molecule has 32 heavy (non-hydrogen) atoms. The maximum Gasteiger partial charge on any atom is 0.337 e. The molecule has 0 unspecified atom stereocenters. The van der Waals surface area contributed by atoms with Crippen LogP contribution in [0.4, 0.5) is 0 Å². The topological polar surface area (TPSA) is 89.3 Å². The van der Waals surface area contributed by atoms with Crippen molar-refractivity contribution in [3.63, 3.8) is 0 Å². The van der Waals surface area contributed by atoms with E-state index in [0.29, 0.717) is 18.5 Å². The van der Waals surface area contributed by atoms with Gasteiger partial charge in [0.1, 0.15) is 5.82 Å². The Morgan fingerprint density at radius 1 is 0.969 bits per heavy atom. The average molecular weight is 434 g/mol. The summed E-state index contributed by atoms with van der Waals surface area (Å²) in [6, 6.07) is 17.2. The van der Waals surface area contributed by atoms with Crippen LogP contribution >= 0.6 is 0 Å². The highest BCUT2D eigenvalue weighted by Crippen LogP contribution is 2.14. The first kappa shape index (κ1) is 21.7. The highest BCUT2D eigenvalue weighted by Gasteiger charge is 2.19. The summed E-state index contributed by atoms with van der Waals surface area (Å²) < 4.78 is 6.87. The van der Waals surface area contributed by atoms with Gasteiger partial charge in [0.2, 0.25) is 5.91 Å². The largest absolute Gasteiger partial charge is 0.465 e. The standard InChI is InChI=1S/C24H27N5O3/c1-32-24(31)20-9-7-19(8-10-20)17-28-12-11-21-26-27-22(29(21)14-13-28)16-25-23(30)15-18-5-3-2-4-6-18/h2-10H,11-17H2,1H3,(H,25,30). The molecule has 1 amide bonds. The van der Waals surface area contributed by atoms with Crippen LogP contribution in [0.1, 0.15) is 33.1 Å². The third kappa shape index (κ3) is 5.39. The van der Waals surface area contributed by atoms with Gasteiger partial charge in [-0.1, -0.05) is 42.5 Å². The summed E-state index contributed by atoms with van der Waals surface area (Å²) >= 11 is 0. The van der Waals surface area contributed by atoms with E-state index in [1.165, 1.54) is 7.11 Å². The number of nitrogens with one attached hydrogen (secondary N) is 1. The summed E-state index contributed by atoms with van der Waals surface area (Å²) in [6.45, 7) is 3.66. The molecule has 1 N–H and O–H groups in total. The number of benzene rings is 2. The number of rotatable bonds is 7. The van der Waals surface area contributed by atoms with E-state index in [1.54, 1.807) is 12.1 Å². The Balaban J connectivity index is 1.31. The van der Waals surface area contributed by atoms with Gasteiger partial charge in [-0.2, -0.15) is 0 Å². The van der Waals surface area contributed by atoms with Gasteiger partial charge in [0.05, 0.1) is 25.6 Å². The van der Waals surface area contributed by atoms with E-state index < -0.39 is 0 Å². The molecule has 2 aromatic carbocycles. The molecule has 3 aromatic rings. The zero-order valence-corrected chi connectivity index (χ0v) is 18.2. The van der Waals surface area contributed by atoms with Crippen LogP contribution in [0.5, 0.6) is 0 Å². The van der Waals surface area contributed by atoms with Crippen LogP contribution in [-0.2, 0) is 42.0 Å². The highest BCUT2D eigenvalue weighted by atomic mass is 16.5. The summed E-state index contributed by atoms with van der Waals surface area (Å²) in [4.78, 5) is 26.2. The van der Waals surface area contributed by atoms with Crippen LogP contribution in [0, 0.1) is 0 Å². The van der Waals surface area contributed by atoms with E-state index in [0.717, 1.165) is 55.4 Å². The molecule has 166 valence electrons. The zero-order valence-electron chi connectivity index (χ0n) is 18.2. The fraction of sp³-hybridized carbons (Fsp3) is 0.333. The monoisotopic (exact) mass is 433 g/mol. The van der Waals surface area contributed by atoms with Crippen LogP contribution in [0.2, 0.25) is 0 Å². The van der Waals surface area contributed by atoms with Crippen molar-refractivity contribution in [2.24, 2.45) is 0 Å². The summed E-state index contributed by atoms with van der Waals surface area (Å²) in [5, 5.41) is 11.6. The smallest absolute Gasteiger partial charge is 0.337 e. The number of esters is 1. The van der Waals surface area contributed by atoms with E-state index in [9.17, 15) is 9.59 Å². The van der Waals surface area contributed by atoms with Crippen molar-refractivity contribution in [1.29, 1.82) is 0 Å². The van der Waals surface area contributed by atoms with Gasteiger partial charge in [0.25, 0.3) is 0 Å². The number of fused-ring (bicyclic) bond motifs is 1. The second-order valence-corrected chi connectivity index (χ2v) is 7.84. The lowest BCUT2D eigenvalue weighted by Gasteiger charge is -2.19. The molecule has 8 nitrogen and oxygen atoms in total. The summed E-state index contributed by atoms with van der Waals surface area (Å²) in [6.07, 6.45) is 1.15. The molecule has 0 spiro atoms. The quantitative estimate of drug-likeness (QED) is 0.573. The number of carbonyl (C=O) groups is 2. The first-order valence-electron chi connectivity index (χ1n) is 10.7. The number of hydrogen-bond acceptors (Lipinski definition) is 6. The number of aromatic nitrogens is 3. The molecule has 0 saturated heterocycles. The first-order chi connectivity index (χ1) is 15.6. The fourth-order valence-corrected chi connectivity index (χ4v) is 3.86. The van der Waals surface area contributed by atoms with Crippen LogP contribution in [0.25, 0.3) is 0 Å². The van der Waals surface area contributed by atoms with Gasteiger partial charge in [-0.3, -0.25) is 9.69 Å². The van der Waals surface area contributed by atoms with Crippen LogP contribution in [-0.4, -0.2) is 51.7 Å². The van der Waals surface area contributed by atoms with Crippen LogP contribution < -0.4 is 5.32 Å². The van der Waals surface area contributed by atoms with E-state index in [1.807, 2.05) is 42.5 Å². The minimum absolute atomic E-state index is 0.0285. The molecule has 8 heteroatoms. The van der Waals surface area contributed by atoms with Gasteiger partial charge in [-0.15, -0.1) is 10.2 Å². The minimum Gasteiger partial charge on any atom is -0.465 e. The molecule has 0 atom stereocenters. The van der Waals surface area contributed by atoms with Gasteiger partial charge in [0, 0.05) is 32.6 Å². The van der Waals surface area contributed by atoms with Crippen LogP contribution in [0.15, 0.2) is 54.6 Å². The van der Waals surface area contributed by atoms with Crippen molar-refractivity contribution in [1.82, 2.24) is 25.0 Å². The normalized spacial score (nSPS) is 13.8. The van der Waals surface area contributed by atoms with Crippen molar-refractivity contribution in [3.8, 4) is 0 Å². The van der Waals surface area contributed by atoms with Gasteiger partial charge >= 0.3 is 5.97 Å². The van der Waals surface area contributed by atoms with E-state index >= 15 is 0 Å². The Kier molecular flexibility index (Phi) is 6.91. The third-order valence-electron chi connectivity index (χ3n) is 5.63. The summed E-state index contributed by atoms with van der Waals surface area (Å²) in [5.41, 5.74) is 2.68. The molecule has 0 aliphatic carbocycles. The molecule has 0 saturated carbocycles. The van der Waals surface area contributed by atoms with Crippen molar-refractivity contribution in [3.05, 3.63) is 82.9 Å². The molecule has 0 radical (unpaired) electrons. The Morgan fingerprint density at radius 3 is 2.50 bits per heavy atom. The lowest BCUT2D eigenvalue weighted by atomic mass is 10.1.